The normalized spacial score (nSPS) is 12.0. The molecule has 0 saturated heterocycles. The molecule has 0 atom stereocenters. The van der Waals surface area contributed by atoms with Crippen molar-refractivity contribution in [3.05, 3.63) is 71.0 Å². The molecule has 0 saturated carbocycles. The first-order valence-electron chi connectivity index (χ1n) is 10.1. The van der Waals surface area contributed by atoms with Gasteiger partial charge in [-0.15, -0.1) is 0 Å². The number of nitrogens with zero attached hydrogens (tertiary/aromatic N) is 2. The van der Waals surface area contributed by atoms with Crippen molar-refractivity contribution < 1.29 is 14.3 Å². The van der Waals surface area contributed by atoms with Gasteiger partial charge in [-0.1, -0.05) is 47.7 Å². The van der Waals surface area contributed by atoms with E-state index in [9.17, 15) is 4.79 Å². The molecule has 0 spiro atoms. The van der Waals surface area contributed by atoms with Crippen LogP contribution in [0.25, 0.3) is 21.0 Å². The Bertz CT molecular complexity index is 1250. The van der Waals surface area contributed by atoms with Crippen molar-refractivity contribution >= 4 is 38.2 Å². The topological polar surface area (TPSA) is 52.8 Å². The van der Waals surface area contributed by atoms with E-state index in [4.69, 9.17) is 9.47 Å². The average Bonchev–Trinajstić information content (AvgIpc) is 3.10. The lowest BCUT2D eigenvalue weighted by molar-refractivity contribution is 0.0998. The molecule has 4 rings (SSSR count). The van der Waals surface area contributed by atoms with Gasteiger partial charge in [0.2, 0.25) is 0 Å². The minimum atomic E-state index is -0.242. The summed E-state index contributed by atoms with van der Waals surface area (Å²) in [4.78, 5) is 18.3. The van der Waals surface area contributed by atoms with Crippen LogP contribution in [0.3, 0.4) is 0 Å². The molecule has 0 aliphatic rings. The van der Waals surface area contributed by atoms with Crippen LogP contribution in [0.15, 0.2) is 65.7 Å². The Kier molecular flexibility index (Phi) is 6.26. The van der Waals surface area contributed by atoms with E-state index in [0.29, 0.717) is 36.7 Å². The van der Waals surface area contributed by atoms with Crippen LogP contribution >= 0.6 is 11.3 Å². The first-order chi connectivity index (χ1) is 14.7. The Hall–Kier alpha value is -2.96. The first-order valence-corrected chi connectivity index (χ1v) is 10.9. The molecule has 1 amide bonds. The number of fused-ring (bicyclic) bond motifs is 2. The highest BCUT2D eigenvalue weighted by Crippen LogP contribution is 2.24. The van der Waals surface area contributed by atoms with Gasteiger partial charge >= 0.3 is 0 Å². The third-order valence-electron chi connectivity index (χ3n) is 4.85. The lowest BCUT2D eigenvalue weighted by Crippen LogP contribution is -2.19. The third-order valence-corrected chi connectivity index (χ3v) is 5.89. The summed E-state index contributed by atoms with van der Waals surface area (Å²) < 4.78 is 14.3. The number of rotatable bonds is 7. The number of benzene rings is 3. The molecule has 3 aromatic carbocycles. The van der Waals surface area contributed by atoms with E-state index in [2.05, 4.69) is 9.56 Å². The molecule has 30 heavy (non-hydrogen) atoms. The molecule has 5 nitrogen and oxygen atoms in total. The molecule has 0 unspecified atom stereocenters. The highest BCUT2D eigenvalue weighted by molar-refractivity contribution is 7.16. The lowest BCUT2D eigenvalue weighted by Gasteiger charge is -2.07. The van der Waals surface area contributed by atoms with E-state index < -0.39 is 0 Å². The van der Waals surface area contributed by atoms with Gasteiger partial charge in [-0.25, -0.2) is 0 Å². The van der Waals surface area contributed by atoms with Crippen LogP contribution in [-0.4, -0.2) is 30.3 Å². The second kappa shape index (κ2) is 9.24. The van der Waals surface area contributed by atoms with Gasteiger partial charge in [-0.3, -0.25) is 4.79 Å². The van der Waals surface area contributed by atoms with Crippen molar-refractivity contribution in [2.24, 2.45) is 4.99 Å². The van der Waals surface area contributed by atoms with Crippen LogP contribution in [0.5, 0.6) is 5.75 Å². The summed E-state index contributed by atoms with van der Waals surface area (Å²) in [5.74, 6) is 0.573. The summed E-state index contributed by atoms with van der Waals surface area (Å²) in [5, 5.41) is 1.94. The highest BCUT2D eigenvalue weighted by atomic mass is 32.1. The van der Waals surface area contributed by atoms with Crippen LogP contribution in [0.4, 0.5) is 0 Å². The maximum absolute atomic E-state index is 13.1. The maximum atomic E-state index is 13.1. The predicted octanol–water partition coefficient (Wildman–Crippen LogP) is 5.03. The largest absolute Gasteiger partial charge is 0.494 e. The minimum Gasteiger partial charge on any atom is -0.494 e. The number of ether oxygens (including phenoxy) is 2. The van der Waals surface area contributed by atoms with Gasteiger partial charge in [0.15, 0.2) is 4.80 Å². The highest BCUT2D eigenvalue weighted by Gasteiger charge is 2.12. The molecule has 1 heterocycles. The molecule has 4 aromatic rings. The number of amides is 1. The van der Waals surface area contributed by atoms with Crippen LogP contribution in [0.1, 0.15) is 24.2 Å². The van der Waals surface area contributed by atoms with Crippen molar-refractivity contribution in [3.63, 3.8) is 0 Å². The summed E-state index contributed by atoms with van der Waals surface area (Å²) >= 11 is 1.49. The van der Waals surface area contributed by atoms with Gasteiger partial charge in [0, 0.05) is 18.7 Å². The van der Waals surface area contributed by atoms with Gasteiger partial charge < -0.3 is 14.0 Å². The molecular weight excluding hydrogens is 396 g/mol. The molecule has 0 bridgehead atoms. The number of hydrogen-bond acceptors (Lipinski definition) is 4. The number of hydrogen-bond donors (Lipinski definition) is 0. The third kappa shape index (κ3) is 4.15. The fraction of sp³-hybridized carbons (Fsp3) is 0.250. The Morgan fingerprint density at radius 3 is 2.70 bits per heavy atom. The number of carbonyl (C=O) groups excluding carboxylic acids is 1. The molecule has 0 radical (unpaired) electrons. The average molecular weight is 421 g/mol. The molecule has 0 fully saturated rings. The predicted molar refractivity (Wildman–Crippen MR) is 121 cm³/mol. The zero-order chi connectivity index (χ0) is 20.9. The Balaban J connectivity index is 1.81. The van der Waals surface area contributed by atoms with E-state index in [1.165, 1.54) is 11.3 Å². The monoisotopic (exact) mass is 420 g/mol. The van der Waals surface area contributed by atoms with Gasteiger partial charge in [0.25, 0.3) is 5.91 Å². The smallest absolute Gasteiger partial charge is 0.280 e. The second-order valence-corrected chi connectivity index (χ2v) is 7.75. The lowest BCUT2D eigenvalue weighted by atomic mass is 10.0. The summed E-state index contributed by atoms with van der Waals surface area (Å²) in [6.45, 7) is 6.38. The van der Waals surface area contributed by atoms with E-state index in [1.54, 1.807) is 0 Å². The van der Waals surface area contributed by atoms with E-state index in [1.807, 2.05) is 74.5 Å². The van der Waals surface area contributed by atoms with E-state index >= 15 is 0 Å². The fourth-order valence-corrected chi connectivity index (χ4v) is 4.55. The number of thiazole rings is 1. The SMILES string of the molecule is CCOCCn1c(=NC(=O)c2cccc3ccccc23)sc2cc(OCC)ccc21. The molecule has 0 aliphatic carbocycles. The zero-order valence-electron chi connectivity index (χ0n) is 17.1. The molecule has 6 heteroatoms. The molecule has 1 aromatic heterocycles. The zero-order valence-corrected chi connectivity index (χ0v) is 17.9. The maximum Gasteiger partial charge on any atom is 0.280 e. The van der Waals surface area contributed by atoms with Gasteiger partial charge in [0.05, 0.1) is 23.4 Å². The Morgan fingerprint density at radius 2 is 1.87 bits per heavy atom. The summed E-state index contributed by atoms with van der Waals surface area (Å²) in [6, 6.07) is 19.6. The van der Waals surface area contributed by atoms with Crippen molar-refractivity contribution in [2.75, 3.05) is 19.8 Å². The minimum absolute atomic E-state index is 0.242. The standard InChI is InChI=1S/C24H24N2O3S/c1-3-28-15-14-26-21-13-12-18(29-4-2)16-22(21)30-24(26)25-23(27)20-11-7-9-17-8-5-6-10-19(17)20/h5-13,16H,3-4,14-15H2,1-2H3. The van der Waals surface area contributed by atoms with Crippen molar-refractivity contribution in [1.29, 1.82) is 0 Å². The number of carbonyl (C=O) groups is 1. The first kappa shape index (κ1) is 20.3. The quantitative estimate of drug-likeness (QED) is 0.394. The van der Waals surface area contributed by atoms with E-state index in [0.717, 1.165) is 26.7 Å². The molecule has 154 valence electrons. The fourth-order valence-electron chi connectivity index (χ4n) is 3.47. The van der Waals surface area contributed by atoms with Gasteiger partial charge in [0.1, 0.15) is 5.75 Å². The van der Waals surface area contributed by atoms with Crippen LogP contribution in [0.2, 0.25) is 0 Å². The van der Waals surface area contributed by atoms with Gasteiger partial charge in [-0.05, 0) is 48.9 Å². The molecule has 0 N–H and O–H groups in total. The second-order valence-electron chi connectivity index (χ2n) is 6.74. The summed E-state index contributed by atoms with van der Waals surface area (Å²) in [7, 11) is 0. The van der Waals surface area contributed by atoms with Crippen LogP contribution < -0.4 is 9.54 Å². The Labute approximate surface area is 179 Å². The van der Waals surface area contributed by atoms with Crippen molar-refractivity contribution in [2.45, 2.75) is 20.4 Å². The van der Waals surface area contributed by atoms with Crippen molar-refractivity contribution in [1.82, 2.24) is 4.57 Å². The van der Waals surface area contributed by atoms with Gasteiger partial charge in [-0.2, -0.15) is 4.99 Å². The van der Waals surface area contributed by atoms with Crippen molar-refractivity contribution in [3.8, 4) is 5.75 Å². The Morgan fingerprint density at radius 1 is 1.03 bits per heavy atom. The summed E-state index contributed by atoms with van der Waals surface area (Å²) in [5.41, 5.74) is 1.63. The summed E-state index contributed by atoms with van der Waals surface area (Å²) in [6.07, 6.45) is 0. The molecular formula is C24H24N2O3S. The van der Waals surface area contributed by atoms with Crippen LogP contribution in [0, 0.1) is 0 Å². The molecule has 0 aliphatic heterocycles. The van der Waals surface area contributed by atoms with E-state index in [-0.39, 0.29) is 5.91 Å². The number of aromatic nitrogens is 1. The van der Waals surface area contributed by atoms with Crippen LogP contribution in [-0.2, 0) is 11.3 Å².